The van der Waals surface area contributed by atoms with Gasteiger partial charge in [0.05, 0.1) is 5.75 Å². The smallest absolute Gasteiger partial charge is 0.211 e. The van der Waals surface area contributed by atoms with E-state index in [4.69, 9.17) is 9.84 Å². The third-order valence-electron chi connectivity index (χ3n) is 3.24. The molecule has 0 saturated carbocycles. The number of hydrogen-bond acceptors (Lipinski definition) is 4. The SMILES string of the molecule is CC1(CNS(=O)(=O)CCCCO)CCOCC1. The van der Waals surface area contributed by atoms with Crippen LogP contribution >= 0.6 is 0 Å². The maximum absolute atomic E-state index is 11.7. The zero-order valence-electron chi connectivity index (χ0n) is 10.4. The molecule has 0 amide bonds. The molecule has 1 saturated heterocycles. The first-order valence-electron chi connectivity index (χ1n) is 6.13. The van der Waals surface area contributed by atoms with Crippen molar-refractivity contribution in [3.05, 3.63) is 0 Å². The molecular formula is C11H23NO4S. The number of nitrogens with one attached hydrogen (secondary N) is 1. The predicted octanol–water partition coefficient (Wildman–Crippen LogP) is 0.495. The minimum Gasteiger partial charge on any atom is -0.396 e. The van der Waals surface area contributed by atoms with Crippen molar-refractivity contribution in [2.75, 3.05) is 32.1 Å². The molecule has 2 N–H and O–H groups in total. The van der Waals surface area contributed by atoms with Crippen LogP contribution in [0.5, 0.6) is 0 Å². The standard InChI is InChI=1S/C11H23NO4S/c1-11(4-7-16-8-5-11)10-12-17(14,15)9-3-2-6-13/h12-13H,2-10H2,1H3. The van der Waals surface area contributed by atoms with Gasteiger partial charge in [-0.05, 0) is 31.1 Å². The zero-order valence-corrected chi connectivity index (χ0v) is 11.3. The van der Waals surface area contributed by atoms with Gasteiger partial charge < -0.3 is 9.84 Å². The molecule has 0 radical (unpaired) electrons. The Labute approximate surface area is 104 Å². The molecular weight excluding hydrogens is 242 g/mol. The van der Waals surface area contributed by atoms with E-state index in [0.717, 1.165) is 12.8 Å². The molecule has 17 heavy (non-hydrogen) atoms. The van der Waals surface area contributed by atoms with Gasteiger partial charge in [-0.3, -0.25) is 0 Å². The fraction of sp³-hybridized carbons (Fsp3) is 1.00. The molecule has 1 heterocycles. The third kappa shape index (κ3) is 5.81. The Hall–Kier alpha value is -0.170. The van der Waals surface area contributed by atoms with E-state index in [-0.39, 0.29) is 17.8 Å². The van der Waals surface area contributed by atoms with E-state index in [1.54, 1.807) is 0 Å². The minimum absolute atomic E-state index is 0.0162. The molecule has 102 valence electrons. The van der Waals surface area contributed by atoms with Crippen molar-refractivity contribution in [3.63, 3.8) is 0 Å². The number of hydrogen-bond donors (Lipinski definition) is 2. The summed E-state index contributed by atoms with van der Waals surface area (Å²) in [4.78, 5) is 0. The third-order valence-corrected chi connectivity index (χ3v) is 4.65. The Kier molecular flexibility index (Phi) is 5.85. The quantitative estimate of drug-likeness (QED) is 0.657. The molecule has 1 fully saturated rings. The average molecular weight is 265 g/mol. The monoisotopic (exact) mass is 265 g/mol. The first-order chi connectivity index (χ1) is 7.97. The van der Waals surface area contributed by atoms with Crippen LogP contribution in [0.15, 0.2) is 0 Å². The molecule has 6 heteroatoms. The first kappa shape index (κ1) is 14.9. The second-order valence-corrected chi connectivity index (χ2v) is 6.92. The fourth-order valence-corrected chi connectivity index (χ4v) is 3.10. The summed E-state index contributed by atoms with van der Waals surface area (Å²) in [5.74, 6) is 0.0974. The van der Waals surface area contributed by atoms with E-state index in [9.17, 15) is 8.42 Å². The van der Waals surface area contributed by atoms with Gasteiger partial charge in [-0.1, -0.05) is 6.92 Å². The van der Waals surface area contributed by atoms with Gasteiger partial charge in [0.25, 0.3) is 0 Å². The predicted molar refractivity (Wildman–Crippen MR) is 66.3 cm³/mol. The molecule has 1 aliphatic rings. The van der Waals surface area contributed by atoms with Crippen molar-refractivity contribution in [2.45, 2.75) is 32.6 Å². The highest BCUT2D eigenvalue weighted by Crippen LogP contribution is 2.28. The van der Waals surface area contributed by atoms with Crippen LogP contribution in [0.1, 0.15) is 32.6 Å². The summed E-state index contributed by atoms with van der Waals surface area (Å²) in [5.41, 5.74) is 0.0162. The second kappa shape index (κ2) is 6.68. The number of aliphatic hydroxyl groups excluding tert-OH is 1. The minimum atomic E-state index is -3.19. The molecule has 1 rings (SSSR count). The van der Waals surface area contributed by atoms with Gasteiger partial charge in [0.2, 0.25) is 10.0 Å². The van der Waals surface area contributed by atoms with Crippen molar-refractivity contribution in [2.24, 2.45) is 5.41 Å². The summed E-state index contributed by atoms with van der Waals surface area (Å²) < 4.78 is 31.3. The molecule has 0 aromatic rings. The molecule has 5 nitrogen and oxygen atoms in total. The second-order valence-electron chi connectivity index (χ2n) is 4.99. The van der Waals surface area contributed by atoms with Crippen LogP contribution in [0.2, 0.25) is 0 Å². The fourth-order valence-electron chi connectivity index (χ4n) is 1.80. The highest BCUT2D eigenvalue weighted by molar-refractivity contribution is 7.89. The molecule has 0 bridgehead atoms. The van der Waals surface area contributed by atoms with E-state index in [2.05, 4.69) is 11.6 Å². The highest BCUT2D eigenvalue weighted by atomic mass is 32.2. The summed E-state index contributed by atoms with van der Waals surface area (Å²) >= 11 is 0. The van der Waals surface area contributed by atoms with Gasteiger partial charge in [0.15, 0.2) is 0 Å². The number of unbranched alkanes of at least 4 members (excludes halogenated alkanes) is 1. The van der Waals surface area contributed by atoms with Crippen LogP contribution < -0.4 is 4.72 Å². The van der Waals surface area contributed by atoms with E-state index in [1.807, 2.05) is 0 Å². The van der Waals surface area contributed by atoms with Crippen molar-refractivity contribution in [3.8, 4) is 0 Å². The summed E-state index contributed by atoms with van der Waals surface area (Å²) in [6, 6.07) is 0. The zero-order chi connectivity index (χ0) is 12.8. The van der Waals surface area contributed by atoms with E-state index >= 15 is 0 Å². The van der Waals surface area contributed by atoms with Gasteiger partial charge in [0, 0.05) is 26.4 Å². The van der Waals surface area contributed by atoms with Gasteiger partial charge in [-0.25, -0.2) is 13.1 Å². The molecule has 0 atom stereocenters. The van der Waals surface area contributed by atoms with Crippen molar-refractivity contribution in [1.82, 2.24) is 4.72 Å². The number of sulfonamides is 1. The van der Waals surface area contributed by atoms with Crippen LogP contribution in [0.4, 0.5) is 0 Å². The van der Waals surface area contributed by atoms with Crippen molar-refractivity contribution >= 4 is 10.0 Å². The lowest BCUT2D eigenvalue weighted by molar-refractivity contribution is 0.0264. The van der Waals surface area contributed by atoms with Crippen molar-refractivity contribution < 1.29 is 18.3 Å². The maximum atomic E-state index is 11.7. The largest absolute Gasteiger partial charge is 0.396 e. The van der Waals surface area contributed by atoms with Gasteiger partial charge in [-0.2, -0.15) is 0 Å². The molecule has 0 unspecified atom stereocenters. The lowest BCUT2D eigenvalue weighted by atomic mass is 9.83. The van der Waals surface area contributed by atoms with Crippen LogP contribution in [-0.2, 0) is 14.8 Å². The number of ether oxygens (including phenoxy) is 1. The van der Waals surface area contributed by atoms with Crippen LogP contribution in [0.3, 0.4) is 0 Å². The van der Waals surface area contributed by atoms with Gasteiger partial charge in [-0.15, -0.1) is 0 Å². The number of rotatable bonds is 7. The number of aliphatic hydroxyl groups is 1. The summed E-state index contributed by atoms with van der Waals surface area (Å²) in [5, 5.41) is 8.61. The van der Waals surface area contributed by atoms with Gasteiger partial charge in [0.1, 0.15) is 0 Å². The Morgan fingerprint density at radius 2 is 1.94 bits per heavy atom. The Bertz CT molecular complexity index is 309. The Morgan fingerprint density at radius 1 is 1.29 bits per heavy atom. The van der Waals surface area contributed by atoms with E-state index < -0.39 is 10.0 Å². The Balaban J connectivity index is 2.32. The lowest BCUT2D eigenvalue weighted by Crippen LogP contribution is -2.40. The maximum Gasteiger partial charge on any atom is 0.211 e. The summed E-state index contributed by atoms with van der Waals surface area (Å²) in [6.07, 6.45) is 2.83. The topological polar surface area (TPSA) is 75.6 Å². The van der Waals surface area contributed by atoms with E-state index in [0.29, 0.717) is 32.6 Å². The average Bonchev–Trinajstić information content (AvgIpc) is 2.28. The molecule has 1 aliphatic heterocycles. The first-order valence-corrected chi connectivity index (χ1v) is 7.79. The van der Waals surface area contributed by atoms with E-state index in [1.165, 1.54) is 0 Å². The molecule has 0 aliphatic carbocycles. The van der Waals surface area contributed by atoms with Crippen LogP contribution in [0, 0.1) is 5.41 Å². The molecule has 0 aromatic carbocycles. The summed E-state index contributed by atoms with van der Waals surface area (Å²) in [6.45, 7) is 4.04. The van der Waals surface area contributed by atoms with Gasteiger partial charge >= 0.3 is 0 Å². The highest BCUT2D eigenvalue weighted by Gasteiger charge is 2.28. The normalized spacial score (nSPS) is 20.4. The van der Waals surface area contributed by atoms with Crippen molar-refractivity contribution in [1.29, 1.82) is 0 Å². The lowest BCUT2D eigenvalue weighted by Gasteiger charge is -2.33. The Morgan fingerprint density at radius 3 is 2.53 bits per heavy atom. The summed E-state index contributed by atoms with van der Waals surface area (Å²) in [7, 11) is -3.19. The molecule has 0 aromatic heterocycles. The van der Waals surface area contributed by atoms with Crippen LogP contribution in [0.25, 0.3) is 0 Å². The van der Waals surface area contributed by atoms with Crippen LogP contribution in [-0.4, -0.2) is 45.6 Å². The molecule has 0 spiro atoms.